The van der Waals surface area contributed by atoms with E-state index in [0.717, 1.165) is 21.9 Å². The number of fused-ring (bicyclic) bond motifs is 1. The second kappa shape index (κ2) is 11.9. The molecule has 0 fully saturated rings. The fourth-order valence-electron chi connectivity index (χ4n) is 3.49. The number of hydrogen-bond donors (Lipinski definition) is 0. The van der Waals surface area contributed by atoms with Crippen LogP contribution < -0.4 is 18.9 Å². The summed E-state index contributed by atoms with van der Waals surface area (Å²) in [5.41, 5.74) is 3.20. The Labute approximate surface area is 195 Å². The standard InChI is InChI=1S/C26H34O5S/c1-16(2)9-13-22(32-23(27)14-10-17(3)4)18-15-21(30-7)24-19(28-5)11-12-20(29-6)25(24)26(18)31-8/h9-12,15,22H,13-14H2,1-8H3. The molecule has 32 heavy (non-hydrogen) atoms. The minimum atomic E-state index is -0.146. The highest BCUT2D eigenvalue weighted by Crippen LogP contribution is 2.50. The van der Waals surface area contributed by atoms with Crippen LogP contribution in [0.4, 0.5) is 0 Å². The highest BCUT2D eigenvalue weighted by atomic mass is 32.2. The number of carbonyl (C=O) groups is 1. The molecule has 5 nitrogen and oxygen atoms in total. The fourth-order valence-corrected chi connectivity index (χ4v) is 4.48. The van der Waals surface area contributed by atoms with Gasteiger partial charge in [0, 0.05) is 17.2 Å². The Balaban J connectivity index is 2.76. The number of carbonyl (C=O) groups excluding carboxylic acids is 1. The maximum atomic E-state index is 12.8. The third-order valence-electron chi connectivity index (χ3n) is 5.05. The summed E-state index contributed by atoms with van der Waals surface area (Å²) in [7, 11) is 6.51. The summed E-state index contributed by atoms with van der Waals surface area (Å²) in [6.45, 7) is 8.10. The number of ether oxygens (including phenoxy) is 4. The summed E-state index contributed by atoms with van der Waals surface area (Å²) in [6.07, 6.45) is 5.18. The molecule has 0 bridgehead atoms. The van der Waals surface area contributed by atoms with Gasteiger partial charge in [-0.3, -0.25) is 4.79 Å². The molecule has 0 aromatic heterocycles. The number of rotatable bonds is 10. The van der Waals surface area contributed by atoms with Crippen molar-refractivity contribution in [3.8, 4) is 23.0 Å². The van der Waals surface area contributed by atoms with E-state index in [0.29, 0.717) is 35.8 Å². The van der Waals surface area contributed by atoms with Crippen molar-refractivity contribution in [3.05, 3.63) is 47.1 Å². The van der Waals surface area contributed by atoms with Gasteiger partial charge in [-0.2, -0.15) is 0 Å². The van der Waals surface area contributed by atoms with Gasteiger partial charge in [0.15, 0.2) is 5.12 Å². The zero-order chi connectivity index (χ0) is 23.8. The van der Waals surface area contributed by atoms with E-state index < -0.39 is 0 Å². The first-order valence-electron chi connectivity index (χ1n) is 10.5. The van der Waals surface area contributed by atoms with Gasteiger partial charge in [-0.05, 0) is 52.3 Å². The van der Waals surface area contributed by atoms with Gasteiger partial charge in [-0.25, -0.2) is 0 Å². The molecule has 0 heterocycles. The third-order valence-corrected chi connectivity index (χ3v) is 6.21. The number of methoxy groups -OCH3 is 4. The molecule has 0 aliphatic rings. The van der Waals surface area contributed by atoms with E-state index in [1.165, 1.54) is 17.3 Å². The zero-order valence-electron chi connectivity index (χ0n) is 20.3. The van der Waals surface area contributed by atoms with E-state index in [4.69, 9.17) is 18.9 Å². The molecule has 0 saturated heterocycles. The minimum absolute atomic E-state index is 0.108. The fraction of sp³-hybridized carbons (Fsp3) is 0.423. The highest BCUT2D eigenvalue weighted by Gasteiger charge is 2.26. The van der Waals surface area contributed by atoms with Crippen molar-refractivity contribution in [2.45, 2.75) is 45.8 Å². The van der Waals surface area contributed by atoms with Gasteiger partial charge in [0.2, 0.25) is 0 Å². The largest absolute Gasteiger partial charge is 0.496 e. The minimum Gasteiger partial charge on any atom is -0.496 e. The molecular weight excluding hydrogens is 424 g/mol. The lowest BCUT2D eigenvalue weighted by Gasteiger charge is -2.23. The average Bonchev–Trinajstić information content (AvgIpc) is 2.78. The molecule has 0 aliphatic carbocycles. The maximum Gasteiger partial charge on any atom is 0.193 e. The second-order valence-electron chi connectivity index (χ2n) is 7.90. The smallest absolute Gasteiger partial charge is 0.193 e. The summed E-state index contributed by atoms with van der Waals surface area (Å²) in [6, 6.07) is 5.65. The van der Waals surface area contributed by atoms with Crippen LogP contribution in [0.2, 0.25) is 0 Å². The zero-order valence-corrected chi connectivity index (χ0v) is 21.1. The van der Waals surface area contributed by atoms with E-state index in [1.54, 1.807) is 28.4 Å². The van der Waals surface area contributed by atoms with Crippen molar-refractivity contribution in [2.24, 2.45) is 0 Å². The molecule has 0 aliphatic heterocycles. The Morgan fingerprint density at radius 1 is 0.844 bits per heavy atom. The predicted octanol–water partition coefficient (Wildman–Crippen LogP) is 6.89. The van der Waals surface area contributed by atoms with Gasteiger partial charge >= 0.3 is 0 Å². The summed E-state index contributed by atoms with van der Waals surface area (Å²) < 4.78 is 22.9. The first kappa shape index (κ1) is 25.7. The van der Waals surface area contributed by atoms with Crippen LogP contribution in [0, 0.1) is 0 Å². The molecule has 0 radical (unpaired) electrons. The summed E-state index contributed by atoms with van der Waals surface area (Å²) in [5, 5.41) is 1.50. The number of benzene rings is 2. The Bertz CT molecular complexity index is 1010. The van der Waals surface area contributed by atoms with Crippen LogP contribution in [0.5, 0.6) is 23.0 Å². The third kappa shape index (κ3) is 6.00. The normalized spacial score (nSPS) is 11.5. The predicted molar refractivity (Wildman–Crippen MR) is 134 cm³/mol. The molecule has 174 valence electrons. The lowest BCUT2D eigenvalue weighted by atomic mass is 9.98. The monoisotopic (exact) mass is 458 g/mol. The van der Waals surface area contributed by atoms with Crippen molar-refractivity contribution in [2.75, 3.05) is 28.4 Å². The molecule has 0 spiro atoms. The number of hydrogen-bond acceptors (Lipinski definition) is 6. The van der Waals surface area contributed by atoms with Gasteiger partial charge in [0.25, 0.3) is 0 Å². The van der Waals surface area contributed by atoms with E-state index in [2.05, 4.69) is 19.9 Å². The van der Waals surface area contributed by atoms with Gasteiger partial charge in [-0.1, -0.05) is 35.1 Å². The summed E-state index contributed by atoms with van der Waals surface area (Å²) in [4.78, 5) is 12.8. The SMILES string of the molecule is COc1ccc(OC)c2c(OC)c(C(CC=C(C)C)SC(=O)CC=C(C)C)cc(OC)c12. The Morgan fingerprint density at radius 3 is 1.91 bits per heavy atom. The van der Waals surface area contributed by atoms with Crippen molar-refractivity contribution < 1.29 is 23.7 Å². The molecule has 6 heteroatoms. The molecule has 0 N–H and O–H groups in total. The first-order chi connectivity index (χ1) is 15.3. The summed E-state index contributed by atoms with van der Waals surface area (Å²) >= 11 is 1.33. The van der Waals surface area contributed by atoms with Crippen molar-refractivity contribution in [1.29, 1.82) is 0 Å². The van der Waals surface area contributed by atoms with E-state index in [-0.39, 0.29) is 10.4 Å². The topological polar surface area (TPSA) is 54.0 Å². The molecule has 2 aromatic carbocycles. The second-order valence-corrected chi connectivity index (χ2v) is 9.16. The first-order valence-corrected chi connectivity index (χ1v) is 11.4. The van der Waals surface area contributed by atoms with Crippen LogP contribution in [-0.2, 0) is 4.79 Å². The van der Waals surface area contributed by atoms with Crippen molar-refractivity contribution in [1.82, 2.24) is 0 Å². The van der Waals surface area contributed by atoms with Crippen LogP contribution in [0.25, 0.3) is 10.8 Å². The Morgan fingerprint density at radius 2 is 1.41 bits per heavy atom. The van der Waals surface area contributed by atoms with Crippen molar-refractivity contribution in [3.63, 3.8) is 0 Å². The Kier molecular flexibility index (Phi) is 9.51. The van der Waals surface area contributed by atoms with E-state index >= 15 is 0 Å². The quantitative estimate of drug-likeness (QED) is 0.361. The maximum absolute atomic E-state index is 12.8. The summed E-state index contributed by atoms with van der Waals surface area (Å²) in [5.74, 6) is 2.62. The molecule has 0 amide bonds. The lowest BCUT2D eigenvalue weighted by Crippen LogP contribution is -2.05. The molecule has 2 aromatic rings. The van der Waals surface area contributed by atoms with Crippen LogP contribution in [0.1, 0.15) is 51.3 Å². The lowest BCUT2D eigenvalue weighted by molar-refractivity contribution is -0.110. The van der Waals surface area contributed by atoms with E-state index in [1.807, 2.05) is 38.1 Å². The molecular formula is C26H34O5S. The van der Waals surface area contributed by atoms with Gasteiger partial charge in [0.1, 0.15) is 23.0 Å². The Hall–Kier alpha value is -2.60. The van der Waals surface area contributed by atoms with Crippen molar-refractivity contribution >= 4 is 27.6 Å². The van der Waals surface area contributed by atoms with Gasteiger partial charge < -0.3 is 18.9 Å². The highest BCUT2D eigenvalue weighted by molar-refractivity contribution is 8.13. The molecule has 0 saturated carbocycles. The average molecular weight is 459 g/mol. The van der Waals surface area contributed by atoms with Gasteiger partial charge in [-0.15, -0.1) is 0 Å². The molecule has 2 rings (SSSR count). The molecule has 1 unspecified atom stereocenters. The van der Waals surface area contributed by atoms with Gasteiger partial charge in [0.05, 0.1) is 39.2 Å². The molecule has 1 atom stereocenters. The van der Waals surface area contributed by atoms with Crippen LogP contribution in [0.15, 0.2) is 41.5 Å². The van der Waals surface area contributed by atoms with E-state index in [9.17, 15) is 4.79 Å². The number of allylic oxidation sites excluding steroid dienone is 4. The van der Waals surface area contributed by atoms with Crippen LogP contribution >= 0.6 is 11.8 Å². The van der Waals surface area contributed by atoms with Crippen LogP contribution in [0.3, 0.4) is 0 Å². The number of thioether (sulfide) groups is 1. The van der Waals surface area contributed by atoms with Crippen LogP contribution in [-0.4, -0.2) is 33.6 Å².